The van der Waals surface area contributed by atoms with Gasteiger partial charge in [-0.2, -0.15) is 0 Å². The van der Waals surface area contributed by atoms with E-state index in [9.17, 15) is 4.79 Å². The van der Waals surface area contributed by atoms with Crippen LogP contribution in [-0.2, 0) is 4.79 Å². The third-order valence-electron chi connectivity index (χ3n) is 3.66. The second-order valence-corrected chi connectivity index (χ2v) is 5.83. The van der Waals surface area contributed by atoms with Crippen molar-refractivity contribution in [3.8, 4) is 0 Å². The van der Waals surface area contributed by atoms with E-state index in [1.54, 1.807) is 18.2 Å². The highest BCUT2D eigenvalue weighted by molar-refractivity contribution is 6.31. The Morgan fingerprint density at radius 3 is 2.62 bits per heavy atom. The van der Waals surface area contributed by atoms with E-state index in [0.29, 0.717) is 22.9 Å². The van der Waals surface area contributed by atoms with Gasteiger partial charge in [-0.3, -0.25) is 9.69 Å². The van der Waals surface area contributed by atoms with Gasteiger partial charge in [0, 0.05) is 31.2 Å². The summed E-state index contributed by atoms with van der Waals surface area (Å²) in [4.78, 5) is 16.7. The summed E-state index contributed by atoms with van der Waals surface area (Å²) in [5.41, 5.74) is 6.94. The van der Waals surface area contributed by atoms with Crippen molar-refractivity contribution in [1.29, 1.82) is 0 Å². The molecule has 0 spiro atoms. The smallest absolute Gasteiger partial charge is 0.238 e. The molecule has 0 bridgehead atoms. The van der Waals surface area contributed by atoms with E-state index in [2.05, 4.69) is 22.0 Å². The number of nitrogen functional groups attached to an aromatic ring is 1. The Morgan fingerprint density at radius 2 is 1.95 bits per heavy atom. The van der Waals surface area contributed by atoms with Crippen LogP contribution in [0.5, 0.6) is 0 Å². The normalized spacial score (nSPS) is 16.9. The summed E-state index contributed by atoms with van der Waals surface area (Å²) in [7, 11) is 0. The first-order chi connectivity index (χ1) is 10.1. The van der Waals surface area contributed by atoms with E-state index >= 15 is 0 Å². The summed E-state index contributed by atoms with van der Waals surface area (Å²) in [6.07, 6.45) is 1.18. The fourth-order valence-corrected chi connectivity index (χ4v) is 2.69. The second kappa shape index (κ2) is 7.64. The van der Waals surface area contributed by atoms with Crippen LogP contribution in [0.1, 0.15) is 13.3 Å². The van der Waals surface area contributed by atoms with Gasteiger partial charge >= 0.3 is 0 Å². The van der Waals surface area contributed by atoms with Crippen LogP contribution in [-0.4, -0.2) is 55.0 Å². The molecule has 0 unspecified atom stereocenters. The van der Waals surface area contributed by atoms with Crippen molar-refractivity contribution in [1.82, 2.24) is 9.80 Å². The van der Waals surface area contributed by atoms with Gasteiger partial charge in [-0.1, -0.05) is 18.5 Å². The van der Waals surface area contributed by atoms with Gasteiger partial charge in [-0.25, -0.2) is 0 Å². The third-order valence-corrected chi connectivity index (χ3v) is 3.90. The minimum absolute atomic E-state index is 0.0482. The first-order valence-corrected chi connectivity index (χ1v) is 7.76. The van der Waals surface area contributed by atoms with E-state index in [0.717, 1.165) is 32.7 Å². The van der Waals surface area contributed by atoms with Gasteiger partial charge in [0.2, 0.25) is 5.91 Å². The number of amides is 1. The summed E-state index contributed by atoms with van der Waals surface area (Å²) in [6.45, 7) is 7.64. The molecule has 0 aromatic heterocycles. The van der Waals surface area contributed by atoms with E-state index in [4.69, 9.17) is 17.3 Å². The minimum Gasteiger partial charge on any atom is -0.397 e. The Morgan fingerprint density at radius 1 is 1.29 bits per heavy atom. The van der Waals surface area contributed by atoms with Gasteiger partial charge in [0.05, 0.1) is 17.9 Å². The number of anilines is 2. The Hall–Kier alpha value is -1.30. The molecule has 1 aromatic rings. The molecule has 1 fully saturated rings. The topological polar surface area (TPSA) is 61.6 Å². The quantitative estimate of drug-likeness (QED) is 0.815. The Labute approximate surface area is 131 Å². The van der Waals surface area contributed by atoms with Gasteiger partial charge in [-0.05, 0) is 31.2 Å². The zero-order valence-electron chi connectivity index (χ0n) is 12.4. The number of nitrogens with zero attached hydrogens (tertiary/aromatic N) is 2. The van der Waals surface area contributed by atoms with E-state index in [1.807, 2.05) is 0 Å². The van der Waals surface area contributed by atoms with Gasteiger partial charge in [0.1, 0.15) is 0 Å². The molecule has 0 atom stereocenters. The second-order valence-electron chi connectivity index (χ2n) is 5.40. The molecule has 2 rings (SSSR count). The number of carbonyl (C=O) groups excluding carboxylic acids is 1. The monoisotopic (exact) mass is 310 g/mol. The van der Waals surface area contributed by atoms with Crippen LogP contribution in [0, 0.1) is 0 Å². The number of rotatable bonds is 5. The van der Waals surface area contributed by atoms with Crippen LogP contribution in [0.4, 0.5) is 11.4 Å². The number of hydrogen-bond acceptors (Lipinski definition) is 4. The van der Waals surface area contributed by atoms with Gasteiger partial charge < -0.3 is 16.0 Å². The molecule has 21 heavy (non-hydrogen) atoms. The molecule has 1 aliphatic heterocycles. The number of benzene rings is 1. The summed E-state index contributed by atoms with van der Waals surface area (Å²) in [5.74, 6) is -0.0482. The molecule has 1 amide bonds. The van der Waals surface area contributed by atoms with Crippen LogP contribution < -0.4 is 11.1 Å². The molecule has 116 valence electrons. The highest BCUT2D eigenvalue weighted by Gasteiger charge is 2.18. The fourth-order valence-electron chi connectivity index (χ4n) is 2.52. The predicted octanol–water partition coefficient (Wildman–Crippen LogP) is 1.89. The average Bonchev–Trinajstić information content (AvgIpc) is 2.45. The van der Waals surface area contributed by atoms with Crippen LogP contribution in [0.2, 0.25) is 5.02 Å². The lowest BCUT2D eigenvalue weighted by Crippen LogP contribution is -2.48. The lowest BCUT2D eigenvalue weighted by atomic mass is 10.2. The Kier molecular flexibility index (Phi) is 5.85. The standard InChI is InChI=1S/C15H23ClN4O/c1-2-5-19-6-8-20(9-7-19)11-15(21)18-14-10-12(16)3-4-13(14)17/h3-4,10H,2,5-9,11,17H2,1H3,(H,18,21). The molecule has 0 radical (unpaired) electrons. The van der Waals surface area contributed by atoms with E-state index < -0.39 is 0 Å². The SMILES string of the molecule is CCCN1CCN(CC(=O)Nc2cc(Cl)ccc2N)CC1. The highest BCUT2D eigenvalue weighted by Crippen LogP contribution is 2.22. The van der Waals surface area contributed by atoms with Crippen molar-refractivity contribution < 1.29 is 4.79 Å². The predicted molar refractivity (Wildman–Crippen MR) is 87.7 cm³/mol. The number of halogens is 1. The summed E-state index contributed by atoms with van der Waals surface area (Å²) in [6, 6.07) is 5.08. The van der Waals surface area contributed by atoms with Crippen molar-refractivity contribution in [2.45, 2.75) is 13.3 Å². The number of nitrogens with one attached hydrogen (secondary N) is 1. The van der Waals surface area contributed by atoms with Crippen LogP contribution in [0.25, 0.3) is 0 Å². The number of nitrogens with two attached hydrogens (primary N) is 1. The van der Waals surface area contributed by atoms with Crippen LogP contribution in [0.15, 0.2) is 18.2 Å². The summed E-state index contributed by atoms with van der Waals surface area (Å²) in [5, 5.41) is 3.39. The average molecular weight is 311 g/mol. The molecule has 1 heterocycles. The Bertz CT molecular complexity index is 487. The Balaban J connectivity index is 1.81. The first-order valence-electron chi connectivity index (χ1n) is 7.38. The number of hydrogen-bond donors (Lipinski definition) is 2. The molecular formula is C15H23ClN4O. The molecular weight excluding hydrogens is 288 g/mol. The maximum absolute atomic E-state index is 12.1. The van der Waals surface area contributed by atoms with Crippen LogP contribution >= 0.6 is 11.6 Å². The fraction of sp³-hybridized carbons (Fsp3) is 0.533. The zero-order valence-corrected chi connectivity index (χ0v) is 13.2. The molecule has 1 aromatic carbocycles. The molecule has 5 nitrogen and oxygen atoms in total. The van der Waals surface area contributed by atoms with Gasteiger partial charge in [-0.15, -0.1) is 0 Å². The third kappa shape index (κ3) is 4.88. The highest BCUT2D eigenvalue weighted by atomic mass is 35.5. The molecule has 0 aliphatic carbocycles. The van der Waals surface area contributed by atoms with Crippen LogP contribution in [0.3, 0.4) is 0 Å². The lowest BCUT2D eigenvalue weighted by molar-refractivity contribution is -0.117. The molecule has 3 N–H and O–H groups in total. The maximum Gasteiger partial charge on any atom is 0.238 e. The van der Waals surface area contributed by atoms with Crippen molar-refractivity contribution in [3.63, 3.8) is 0 Å². The molecule has 6 heteroatoms. The molecule has 1 aliphatic rings. The minimum atomic E-state index is -0.0482. The van der Waals surface area contributed by atoms with Crippen molar-refractivity contribution in [2.75, 3.05) is 50.3 Å². The summed E-state index contributed by atoms with van der Waals surface area (Å²) < 4.78 is 0. The van der Waals surface area contributed by atoms with E-state index in [-0.39, 0.29) is 5.91 Å². The number of piperazine rings is 1. The molecule has 0 saturated carbocycles. The van der Waals surface area contributed by atoms with Gasteiger partial charge in [0.25, 0.3) is 0 Å². The van der Waals surface area contributed by atoms with Crippen molar-refractivity contribution >= 4 is 28.9 Å². The molecule has 1 saturated heterocycles. The largest absolute Gasteiger partial charge is 0.397 e. The van der Waals surface area contributed by atoms with Crippen molar-refractivity contribution in [3.05, 3.63) is 23.2 Å². The zero-order chi connectivity index (χ0) is 15.2. The van der Waals surface area contributed by atoms with Gasteiger partial charge in [0.15, 0.2) is 0 Å². The first kappa shape index (κ1) is 16.1. The summed E-state index contributed by atoms with van der Waals surface area (Å²) >= 11 is 5.92. The lowest BCUT2D eigenvalue weighted by Gasteiger charge is -2.34. The van der Waals surface area contributed by atoms with Crippen molar-refractivity contribution in [2.24, 2.45) is 0 Å². The maximum atomic E-state index is 12.1. The number of carbonyl (C=O) groups is 1. The van der Waals surface area contributed by atoms with E-state index in [1.165, 1.54) is 6.42 Å².